The molecule has 1 aliphatic rings. The fourth-order valence-corrected chi connectivity index (χ4v) is 3.13. The molecule has 1 heterocycles. The highest BCUT2D eigenvalue weighted by molar-refractivity contribution is 5.74. The lowest BCUT2D eigenvalue weighted by molar-refractivity contribution is 0.120. The molecule has 2 amide bonds. The number of aliphatic hydroxyl groups excluding tert-OH is 1. The van der Waals surface area contributed by atoms with Gasteiger partial charge < -0.3 is 15.3 Å². The molecular formula is C15H30N2O2. The summed E-state index contributed by atoms with van der Waals surface area (Å²) in [5, 5.41) is 12.5. The lowest BCUT2D eigenvalue weighted by atomic mass is 9.87. The van der Waals surface area contributed by atoms with Gasteiger partial charge in [-0.05, 0) is 37.0 Å². The van der Waals surface area contributed by atoms with Gasteiger partial charge in [0.15, 0.2) is 0 Å². The van der Waals surface area contributed by atoms with Crippen LogP contribution >= 0.6 is 0 Å². The fraction of sp³-hybridized carbons (Fsp3) is 0.933. The number of urea groups is 1. The molecule has 19 heavy (non-hydrogen) atoms. The van der Waals surface area contributed by atoms with Crippen LogP contribution in [0.15, 0.2) is 0 Å². The number of likely N-dealkylation sites (tertiary alicyclic amines) is 1. The quantitative estimate of drug-likeness (QED) is 0.824. The highest BCUT2D eigenvalue weighted by Crippen LogP contribution is 2.23. The van der Waals surface area contributed by atoms with Gasteiger partial charge in [0.1, 0.15) is 0 Å². The maximum atomic E-state index is 12.2. The van der Waals surface area contributed by atoms with Crippen LogP contribution < -0.4 is 5.32 Å². The topological polar surface area (TPSA) is 52.6 Å². The molecule has 0 saturated carbocycles. The molecule has 1 fully saturated rings. The van der Waals surface area contributed by atoms with E-state index in [1.807, 2.05) is 4.90 Å². The highest BCUT2D eigenvalue weighted by Gasteiger charge is 2.27. The smallest absolute Gasteiger partial charge is 0.317 e. The Labute approximate surface area is 117 Å². The third-order valence-electron chi connectivity index (χ3n) is 3.72. The first-order chi connectivity index (χ1) is 8.69. The molecule has 3 unspecified atom stereocenters. The molecule has 0 radical (unpaired) electrons. The van der Waals surface area contributed by atoms with E-state index in [2.05, 4.69) is 33.0 Å². The maximum absolute atomic E-state index is 12.2. The Balaban J connectivity index is 2.42. The largest absolute Gasteiger partial charge is 0.393 e. The van der Waals surface area contributed by atoms with E-state index in [0.717, 1.165) is 13.1 Å². The second-order valence-corrected chi connectivity index (χ2v) is 7.23. The summed E-state index contributed by atoms with van der Waals surface area (Å²) in [6, 6.07) is 0.0390. The van der Waals surface area contributed by atoms with Crippen LogP contribution in [-0.2, 0) is 0 Å². The monoisotopic (exact) mass is 270 g/mol. The van der Waals surface area contributed by atoms with E-state index < -0.39 is 0 Å². The van der Waals surface area contributed by atoms with E-state index in [0.29, 0.717) is 24.8 Å². The summed E-state index contributed by atoms with van der Waals surface area (Å²) in [5.74, 6) is 1.17. The normalized spacial score (nSPS) is 26.1. The summed E-state index contributed by atoms with van der Waals surface area (Å²) in [4.78, 5) is 14.1. The number of piperidine rings is 1. The standard InChI is InChI=1S/C15H30N2O2/c1-11-6-12(2)9-17(8-11)14(19)16-10-15(4,5)7-13(3)18/h11-13,18H,6-10H2,1-5H3,(H,16,19). The molecule has 0 spiro atoms. The number of amides is 2. The minimum Gasteiger partial charge on any atom is -0.393 e. The van der Waals surface area contributed by atoms with Gasteiger partial charge in [0.2, 0.25) is 0 Å². The molecule has 4 heteroatoms. The minimum atomic E-state index is -0.332. The predicted molar refractivity (Wildman–Crippen MR) is 78.0 cm³/mol. The van der Waals surface area contributed by atoms with E-state index in [9.17, 15) is 9.90 Å². The Morgan fingerprint density at radius 3 is 2.37 bits per heavy atom. The number of hydrogen-bond donors (Lipinski definition) is 2. The van der Waals surface area contributed by atoms with Crippen molar-refractivity contribution in [1.82, 2.24) is 10.2 Å². The van der Waals surface area contributed by atoms with Gasteiger partial charge >= 0.3 is 6.03 Å². The number of carbonyl (C=O) groups excluding carboxylic acids is 1. The van der Waals surface area contributed by atoms with Gasteiger partial charge in [-0.1, -0.05) is 27.7 Å². The zero-order valence-electron chi connectivity index (χ0n) is 13.1. The first kappa shape index (κ1) is 16.3. The molecule has 1 aliphatic heterocycles. The minimum absolute atomic E-state index is 0.0390. The molecule has 1 saturated heterocycles. The second-order valence-electron chi connectivity index (χ2n) is 7.23. The van der Waals surface area contributed by atoms with Crippen LogP contribution in [0.2, 0.25) is 0 Å². The third-order valence-corrected chi connectivity index (χ3v) is 3.72. The SMILES string of the molecule is CC(O)CC(C)(C)CNC(=O)N1CC(C)CC(C)C1. The summed E-state index contributed by atoms with van der Waals surface area (Å²) < 4.78 is 0. The molecule has 2 N–H and O–H groups in total. The summed E-state index contributed by atoms with van der Waals surface area (Å²) in [6.45, 7) is 12.6. The Bertz CT molecular complexity index is 293. The first-order valence-electron chi connectivity index (χ1n) is 7.40. The van der Waals surface area contributed by atoms with E-state index >= 15 is 0 Å². The lowest BCUT2D eigenvalue weighted by Crippen LogP contribution is -2.49. The van der Waals surface area contributed by atoms with Crippen LogP contribution in [0.4, 0.5) is 4.79 Å². The van der Waals surface area contributed by atoms with Crippen molar-refractivity contribution >= 4 is 6.03 Å². The molecule has 0 bridgehead atoms. The van der Waals surface area contributed by atoms with Crippen LogP contribution in [0.1, 0.15) is 47.5 Å². The summed E-state index contributed by atoms with van der Waals surface area (Å²) >= 11 is 0. The van der Waals surface area contributed by atoms with Crippen LogP contribution in [0.3, 0.4) is 0 Å². The van der Waals surface area contributed by atoms with Crippen molar-refractivity contribution in [3.05, 3.63) is 0 Å². The van der Waals surface area contributed by atoms with Crippen molar-refractivity contribution in [1.29, 1.82) is 0 Å². The third kappa shape index (κ3) is 5.81. The van der Waals surface area contributed by atoms with Crippen molar-refractivity contribution in [2.75, 3.05) is 19.6 Å². The van der Waals surface area contributed by atoms with Gasteiger partial charge in [-0.25, -0.2) is 4.79 Å². The molecule has 0 aromatic carbocycles. The summed E-state index contributed by atoms with van der Waals surface area (Å²) in [7, 11) is 0. The molecule has 1 rings (SSSR count). The second kappa shape index (κ2) is 6.60. The molecule has 4 nitrogen and oxygen atoms in total. The summed E-state index contributed by atoms with van der Waals surface area (Å²) in [6.07, 6.45) is 1.57. The van der Waals surface area contributed by atoms with Gasteiger partial charge in [-0.15, -0.1) is 0 Å². The molecule has 3 atom stereocenters. The van der Waals surface area contributed by atoms with Gasteiger partial charge in [0.05, 0.1) is 6.10 Å². The van der Waals surface area contributed by atoms with Crippen molar-refractivity contribution < 1.29 is 9.90 Å². The van der Waals surface area contributed by atoms with E-state index in [1.54, 1.807) is 6.92 Å². The van der Waals surface area contributed by atoms with Crippen LogP contribution in [0.5, 0.6) is 0 Å². The van der Waals surface area contributed by atoms with E-state index in [4.69, 9.17) is 0 Å². The average Bonchev–Trinajstić information content (AvgIpc) is 2.22. The predicted octanol–water partition coefficient (Wildman–Crippen LogP) is 2.47. The Hall–Kier alpha value is -0.770. The Morgan fingerprint density at radius 1 is 1.37 bits per heavy atom. The highest BCUT2D eigenvalue weighted by atomic mass is 16.3. The number of hydrogen-bond acceptors (Lipinski definition) is 2. The van der Waals surface area contributed by atoms with Crippen molar-refractivity contribution in [2.45, 2.75) is 53.6 Å². The lowest BCUT2D eigenvalue weighted by Gasteiger charge is -2.36. The van der Waals surface area contributed by atoms with Gasteiger partial charge in [0.25, 0.3) is 0 Å². The fourth-order valence-electron chi connectivity index (χ4n) is 3.13. The van der Waals surface area contributed by atoms with Crippen LogP contribution in [0.25, 0.3) is 0 Å². The Kier molecular flexibility index (Phi) is 5.65. The van der Waals surface area contributed by atoms with E-state index in [1.165, 1.54) is 6.42 Å². The van der Waals surface area contributed by atoms with Crippen molar-refractivity contribution in [3.8, 4) is 0 Å². The molecule has 0 aromatic rings. The number of aliphatic hydroxyl groups is 1. The molecular weight excluding hydrogens is 240 g/mol. The Morgan fingerprint density at radius 2 is 1.89 bits per heavy atom. The van der Waals surface area contributed by atoms with Gasteiger partial charge in [0, 0.05) is 19.6 Å². The molecule has 0 aliphatic carbocycles. The first-order valence-corrected chi connectivity index (χ1v) is 7.40. The summed E-state index contributed by atoms with van der Waals surface area (Å²) in [5.41, 5.74) is -0.0726. The van der Waals surface area contributed by atoms with Crippen LogP contribution in [0, 0.1) is 17.3 Å². The zero-order valence-corrected chi connectivity index (χ0v) is 13.1. The van der Waals surface area contributed by atoms with Gasteiger partial charge in [-0.3, -0.25) is 0 Å². The average molecular weight is 270 g/mol. The maximum Gasteiger partial charge on any atom is 0.317 e. The van der Waals surface area contributed by atoms with Crippen LogP contribution in [-0.4, -0.2) is 41.8 Å². The molecule has 0 aromatic heterocycles. The molecule has 112 valence electrons. The number of nitrogens with one attached hydrogen (secondary N) is 1. The number of rotatable bonds is 4. The van der Waals surface area contributed by atoms with Crippen molar-refractivity contribution in [2.24, 2.45) is 17.3 Å². The zero-order chi connectivity index (χ0) is 14.6. The number of nitrogens with zero attached hydrogens (tertiary/aromatic N) is 1. The number of carbonyl (C=O) groups is 1. The van der Waals surface area contributed by atoms with E-state index in [-0.39, 0.29) is 17.6 Å². The van der Waals surface area contributed by atoms with Crippen molar-refractivity contribution in [3.63, 3.8) is 0 Å². The van der Waals surface area contributed by atoms with Gasteiger partial charge in [-0.2, -0.15) is 0 Å².